The number of halogens is 2. The second-order valence-electron chi connectivity index (χ2n) is 7.52. The van der Waals surface area contributed by atoms with E-state index in [4.69, 9.17) is 11.6 Å². The van der Waals surface area contributed by atoms with Crippen LogP contribution in [0, 0.1) is 5.82 Å². The summed E-state index contributed by atoms with van der Waals surface area (Å²) in [6, 6.07) is 24.1. The molecule has 33 heavy (non-hydrogen) atoms. The Labute approximate surface area is 202 Å². The molecule has 1 heterocycles. The van der Waals surface area contributed by atoms with Gasteiger partial charge in [-0.05, 0) is 29.8 Å². The van der Waals surface area contributed by atoms with Gasteiger partial charge in [-0.1, -0.05) is 78.0 Å². The molecule has 1 aliphatic rings. The molecular weight excluding hydrogens is 459 g/mol. The molecule has 1 aliphatic heterocycles. The number of benzene rings is 3. The molecule has 4 rings (SSSR count). The van der Waals surface area contributed by atoms with E-state index in [0.29, 0.717) is 10.6 Å². The van der Waals surface area contributed by atoms with Crippen molar-refractivity contribution >= 4 is 40.1 Å². The van der Waals surface area contributed by atoms with E-state index in [1.807, 2.05) is 48.5 Å². The average molecular weight is 483 g/mol. The monoisotopic (exact) mass is 482 g/mol. The highest BCUT2D eigenvalue weighted by atomic mass is 35.5. The zero-order chi connectivity index (χ0) is 23.0. The van der Waals surface area contributed by atoms with Crippen molar-refractivity contribution in [3.63, 3.8) is 0 Å². The standard InChI is InChI=1S/C25H24ClFN4OS/c26-22-12-7-13-23(27)21(22)17-31(20-10-5-2-6-11-20)29-24(32)18-33-25-28-14-15-30(25)16-19-8-3-1-4-9-19/h1-13H,14-18H2,(H,29,32). The van der Waals surface area contributed by atoms with Crippen LogP contribution < -0.4 is 10.4 Å². The fraction of sp³-hybridized carbons (Fsp3) is 0.200. The largest absolute Gasteiger partial charge is 0.345 e. The van der Waals surface area contributed by atoms with E-state index in [1.165, 1.54) is 23.4 Å². The quantitative estimate of drug-likeness (QED) is 0.452. The van der Waals surface area contributed by atoms with E-state index < -0.39 is 5.82 Å². The lowest BCUT2D eigenvalue weighted by atomic mass is 10.2. The molecule has 0 saturated carbocycles. The Morgan fingerprint density at radius 2 is 1.79 bits per heavy atom. The van der Waals surface area contributed by atoms with Crippen molar-refractivity contribution in [2.75, 3.05) is 23.9 Å². The predicted molar refractivity (Wildman–Crippen MR) is 134 cm³/mol. The number of rotatable bonds is 8. The molecule has 8 heteroatoms. The molecule has 0 spiro atoms. The molecule has 1 amide bonds. The van der Waals surface area contributed by atoms with Gasteiger partial charge in [0, 0.05) is 23.7 Å². The topological polar surface area (TPSA) is 47.9 Å². The number of aliphatic imine (C=N–C) groups is 1. The fourth-order valence-corrected chi connectivity index (χ4v) is 4.58. The lowest BCUT2D eigenvalue weighted by molar-refractivity contribution is -0.118. The molecule has 0 bridgehead atoms. The van der Waals surface area contributed by atoms with Crippen LogP contribution in [-0.2, 0) is 17.9 Å². The van der Waals surface area contributed by atoms with Gasteiger partial charge < -0.3 is 4.90 Å². The number of nitrogens with zero attached hydrogens (tertiary/aromatic N) is 3. The third kappa shape index (κ3) is 6.27. The summed E-state index contributed by atoms with van der Waals surface area (Å²) >= 11 is 7.63. The van der Waals surface area contributed by atoms with Crippen molar-refractivity contribution in [2.45, 2.75) is 13.1 Å². The summed E-state index contributed by atoms with van der Waals surface area (Å²) in [5.74, 6) is -0.423. The number of nitrogens with one attached hydrogen (secondary N) is 1. The summed E-state index contributed by atoms with van der Waals surface area (Å²) in [4.78, 5) is 19.6. The van der Waals surface area contributed by atoms with Crippen LogP contribution in [0.25, 0.3) is 0 Å². The molecule has 0 saturated heterocycles. The first kappa shape index (κ1) is 23.1. The van der Waals surface area contributed by atoms with E-state index in [1.54, 1.807) is 17.1 Å². The summed E-state index contributed by atoms with van der Waals surface area (Å²) in [6.45, 7) is 2.42. The van der Waals surface area contributed by atoms with Gasteiger partial charge in [-0.15, -0.1) is 0 Å². The third-order valence-corrected chi connectivity index (χ3v) is 6.55. The molecule has 0 aliphatic carbocycles. The summed E-state index contributed by atoms with van der Waals surface area (Å²) in [5.41, 5.74) is 5.16. The van der Waals surface area contributed by atoms with Crippen LogP contribution in [0.2, 0.25) is 5.02 Å². The van der Waals surface area contributed by atoms with Crippen LogP contribution in [-0.4, -0.2) is 34.8 Å². The lowest BCUT2D eigenvalue weighted by Crippen LogP contribution is -2.43. The van der Waals surface area contributed by atoms with Gasteiger partial charge in [-0.3, -0.25) is 20.2 Å². The fourth-order valence-electron chi connectivity index (χ4n) is 3.51. The highest BCUT2D eigenvalue weighted by Crippen LogP contribution is 2.23. The Balaban J connectivity index is 1.40. The van der Waals surface area contributed by atoms with Crippen molar-refractivity contribution in [1.82, 2.24) is 10.3 Å². The molecule has 5 nitrogen and oxygen atoms in total. The van der Waals surface area contributed by atoms with E-state index >= 15 is 0 Å². The van der Waals surface area contributed by atoms with Gasteiger partial charge in [-0.2, -0.15) is 0 Å². The maximum atomic E-state index is 14.4. The number of hydrogen-bond donors (Lipinski definition) is 1. The number of para-hydroxylation sites is 1. The van der Waals surface area contributed by atoms with Crippen molar-refractivity contribution in [3.05, 3.63) is 101 Å². The molecule has 1 N–H and O–H groups in total. The zero-order valence-corrected chi connectivity index (χ0v) is 19.5. The van der Waals surface area contributed by atoms with Gasteiger partial charge in [0.1, 0.15) is 5.82 Å². The Kier molecular flexibility index (Phi) is 7.86. The molecular formula is C25H24ClFN4OS. The number of thioether (sulfide) groups is 1. The number of hydrazine groups is 1. The molecule has 0 unspecified atom stereocenters. The van der Waals surface area contributed by atoms with Gasteiger partial charge in [0.25, 0.3) is 0 Å². The van der Waals surface area contributed by atoms with Crippen LogP contribution in [0.15, 0.2) is 83.9 Å². The molecule has 0 atom stereocenters. The Hall–Kier alpha value is -3.03. The molecule has 3 aromatic carbocycles. The molecule has 0 aromatic heterocycles. The highest BCUT2D eigenvalue weighted by molar-refractivity contribution is 8.14. The van der Waals surface area contributed by atoms with E-state index in [-0.39, 0.29) is 18.2 Å². The third-order valence-electron chi connectivity index (χ3n) is 5.14. The predicted octanol–water partition coefficient (Wildman–Crippen LogP) is 5.12. The van der Waals surface area contributed by atoms with Crippen LogP contribution in [0.5, 0.6) is 0 Å². The summed E-state index contributed by atoms with van der Waals surface area (Å²) in [5, 5.41) is 2.79. The SMILES string of the molecule is O=C(CSC1=NCCN1Cc1ccccc1)NN(Cc1c(F)cccc1Cl)c1ccccc1. The van der Waals surface area contributed by atoms with Crippen LogP contribution in [0.1, 0.15) is 11.1 Å². The smallest absolute Gasteiger partial charge is 0.248 e. The number of amidine groups is 1. The zero-order valence-electron chi connectivity index (χ0n) is 18.0. The second-order valence-corrected chi connectivity index (χ2v) is 8.87. The van der Waals surface area contributed by atoms with Gasteiger partial charge in [-0.25, -0.2) is 4.39 Å². The first-order chi connectivity index (χ1) is 16.1. The number of carbonyl (C=O) groups is 1. The second kappa shape index (κ2) is 11.2. The Bertz CT molecular complexity index is 1090. The number of carbonyl (C=O) groups excluding carboxylic acids is 1. The maximum Gasteiger partial charge on any atom is 0.248 e. The minimum atomic E-state index is -0.413. The maximum absolute atomic E-state index is 14.4. The van der Waals surface area contributed by atoms with E-state index in [0.717, 1.165) is 30.5 Å². The van der Waals surface area contributed by atoms with Crippen LogP contribution >= 0.6 is 23.4 Å². The van der Waals surface area contributed by atoms with Crippen molar-refractivity contribution in [3.8, 4) is 0 Å². The van der Waals surface area contributed by atoms with Gasteiger partial charge in [0.15, 0.2) is 5.17 Å². The van der Waals surface area contributed by atoms with Crippen molar-refractivity contribution < 1.29 is 9.18 Å². The summed E-state index contributed by atoms with van der Waals surface area (Å²) in [7, 11) is 0. The first-order valence-electron chi connectivity index (χ1n) is 10.6. The summed E-state index contributed by atoms with van der Waals surface area (Å²) in [6.07, 6.45) is 0. The molecule has 3 aromatic rings. The number of amides is 1. The lowest BCUT2D eigenvalue weighted by Gasteiger charge is -2.26. The molecule has 170 valence electrons. The Morgan fingerprint density at radius 3 is 2.52 bits per heavy atom. The minimum absolute atomic E-state index is 0.104. The Morgan fingerprint density at radius 1 is 1.06 bits per heavy atom. The molecule has 0 radical (unpaired) electrons. The number of anilines is 1. The van der Waals surface area contributed by atoms with E-state index in [9.17, 15) is 9.18 Å². The minimum Gasteiger partial charge on any atom is -0.345 e. The average Bonchev–Trinajstić information content (AvgIpc) is 3.27. The molecule has 0 fully saturated rings. The number of hydrogen-bond acceptors (Lipinski definition) is 5. The highest BCUT2D eigenvalue weighted by Gasteiger charge is 2.20. The van der Waals surface area contributed by atoms with Crippen LogP contribution in [0.4, 0.5) is 10.1 Å². The van der Waals surface area contributed by atoms with Crippen molar-refractivity contribution in [1.29, 1.82) is 0 Å². The van der Waals surface area contributed by atoms with Gasteiger partial charge >= 0.3 is 0 Å². The van der Waals surface area contributed by atoms with Gasteiger partial charge in [0.05, 0.1) is 24.5 Å². The first-order valence-corrected chi connectivity index (χ1v) is 12.0. The van der Waals surface area contributed by atoms with Crippen molar-refractivity contribution in [2.24, 2.45) is 4.99 Å². The van der Waals surface area contributed by atoms with E-state index in [2.05, 4.69) is 27.5 Å². The van der Waals surface area contributed by atoms with Gasteiger partial charge in [0.2, 0.25) is 5.91 Å². The van der Waals surface area contributed by atoms with Crippen LogP contribution in [0.3, 0.4) is 0 Å². The summed E-state index contributed by atoms with van der Waals surface area (Å²) < 4.78 is 14.4. The normalized spacial score (nSPS) is 13.0.